The maximum absolute atomic E-state index is 11.5. The molecule has 0 amide bonds. The van der Waals surface area contributed by atoms with E-state index in [0.29, 0.717) is 18.9 Å². The van der Waals surface area contributed by atoms with Gasteiger partial charge in [0.1, 0.15) is 0 Å². The minimum Gasteiger partial charge on any atom is -0.329 e. The van der Waals surface area contributed by atoms with Gasteiger partial charge in [-0.05, 0) is 18.9 Å². The second-order valence-corrected chi connectivity index (χ2v) is 7.07. The van der Waals surface area contributed by atoms with Gasteiger partial charge in [0, 0.05) is 12.1 Å². The average Bonchev–Trinajstić information content (AvgIpc) is 2.57. The summed E-state index contributed by atoms with van der Waals surface area (Å²) in [6, 6.07) is 0. The lowest BCUT2D eigenvalue weighted by Gasteiger charge is -2.29. The van der Waals surface area contributed by atoms with E-state index in [1.165, 1.54) is 0 Å². The Hall–Kier alpha value is -0.130. The zero-order chi connectivity index (χ0) is 12.2. The van der Waals surface area contributed by atoms with Gasteiger partial charge in [-0.25, -0.2) is 8.42 Å². The molecule has 0 saturated carbocycles. The van der Waals surface area contributed by atoms with Crippen molar-refractivity contribution in [3.05, 3.63) is 0 Å². The van der Waals surface area contributed by atoms with Crippen LogP contribution >= 0.6 is 0 Å². The summed E-state index contributed by atoms with van der Waals surface area (Å²) in [6.07, 6.45) is 2.90. The number of rotatable bonds is 6. The maximum Gasteiger partial charge on any atom is 0.152 e. The van der Waals surface area contributed by atoms with Gasteiger partial charge in [0.05, 0.1) is 11.5 Å². The molecule has 16 heavy (non-hydrogen) atoms. The highest BCUT2D eigenvalue weighted by molar-refractivity contribution is 7.91. The molecular weight excluding hydrogens is 224 g/mol. The second-order valence-electron chi connectivity index (χ2n) is 4.89. The van der Waals surface area contributed by atoms with Crippen LogP contribution in [0.5, 0.6) is 0 Å². The van der Waals surface area contributed by atoms with Gasteiger partial charge in [-0.2, -0.15) is 0 Å². The molecule has 0 aromatic heterocycles. The molecule has 1 saturated heterocycles. The summed E-state index contributed by atoms with van der Waals surface area (Å²) in [7, 11) is -2.87. The fourth-order valence-corrected chi connectivity index (χ4v) is 4.28. The molecule has 1 aliphatic rings. The molecule has 3 N–H and O–H groups in total. The van der Waals surface area contributed by atoms with Crippen LogP contribution in [-0.2, 0) is 9.84 Å². The van der Waals surface area contributed by atoms with E-state index in [1.54, 1.807) is 0 Å². The fraction of sp³-hybridized carbons (Fsp3) is 1.00. The summed E-state index contributed by atoms with van der Waals surface area (Å²) in [4.78, 5) is 0. The molecule has 0 aromatic rings. The van der Waals surface area contributed by atoms with Crippen LogP contribution in [0.1, 0.15) is 33.1 Å². The lowest BCUT2D eigenvalue weighted by Crippen LogP contribution is -2.53. The first-order valence-corrected chi connectivity index (χ1v) is 7.94. The molecule has 1 heterocycles. The molecule has 0 spiro atoms. The van der Waals surface area contributed by atoms with Crippen LogP contribution in [0, 0.1) is 5.92 Å². The second kappa shape index (κ2) is 5.47. The summed E-state index contributed by atoms with van der Waals surface area (Å²) < 4.78 is 23.0. The molecular formula is C11H24N2O2S. The zero-order valence-corrected chi connectivity index (χ0v) is 11.1. The van der Waals surface area contributed by atoms with E-state index in [9.17, 15) is 8.42 Å². The monoisotopic (exact) mass is 248 g/mol. The van der Waals surface area contributed by atoms with Gasteiger partial charge in [0.2, 0.25) is 0 Å². The standard InChI is InChI=1S/C11H24N2O2S/c1-3-10(4-2)7-13-11(8-12)5-6-16(14,15)9-11/h10,13H,3-9,12H2,1-2H3. The Bertz CT molecular complexity index is 312. The topological polar surface area (TPSA) is 72.2 Å². The van der Waals surface area contributed by atoms with Crippen molar-refractivity contribution in [1.82, 2.24) is 5.32 Å². The van der Waals surface area contributed by atoms with E-state index in [4.69, 9.17) is 5.73 Å². The molecule has 5 heteroatoms. The molecule has 1 atom stereocenters. The zero-order valence-electron chi connectivity index (χ0n) is 10.3. The van der Waals surface area contributed by atoms with Gasteiger partial charge < -0.3 is 11.1 Å². The first kappa shape index (κ1) is 13.9. The highest BCUT2D eigenvalue weighted by Gasteiger charge is 2.40. The first-order valence-electron chi connectivity index (χ1n) is 6.12. The van der Waals surface area contributed by atoms with Gasteiger partial charge >= 0.3 is 0 Å². The first-order chi connectivity index (χ1) is 7.47. The molecule has 1 aliphatic heterocycles. The van der Waals surface area contributed by atoms with Crippen molar-refractivity contribution in [1.29, 1.82) is 0 Å². The summed E-state index contributed by atoms with van der Waals surface area (Å²) in [5.74, 6) is 1.10. The van der Waals surface area contributed by atoms with Gasteiger partial charge in [-0.3, -0.25) is 0 Å². The van der Waals surface area contributed by atoms with E-state index in [0.717, 1.165) is 19.4 Å². The Labute approximate surface area is 98.9 Å². The van der Waals surface area contributed by atoms with Crippen molar-refractivity contribution >= 4 is 9.84 Å². The molecule has 1 fully saturated rings. The fourth-order valence-electron chi connectivity index (χ4n) is 2.23. The predicted molar refractivity (Wildman–Crippen MR) is 67.1 cm³/mol. The molecule has 4 nitrogen and oxygen atoms in total. The number of nitrogens with two attached hydrogens (primary N) is 1. The molecule has 96 valence electrons. The van der Waals surface area contributed by atoms with Crippen LogP contribution in [-0.4, -0.2) is 38.6 Å². The number of nitrogens with one attached hydrogen (secondary N) is 1. The van der Waals surface area contributed by atoms with E-state index in [-0.39, 0.29) is 17.0 Å². The van der Waals surface area contributed by atoms with E-state index >= 15 is 0 Å². The summed E-state index contributed by atoms with van der Waals surface area (Å²) >= 11 is 0. The minimum absolute atomic E-state index is 0.205. The quantitative estimate of drug-likeness (QED) is 0.719. The largest absolute Gasteiger partial charge is 0.329 e. The molecule has 0 radical (unpaired) electrons. The van der Waals surface area contributed by atoms with E-state index in [1.807, 2.05) is 0 Å². The average molecular weight is 248 g/mol. The van der Waals surface area contributed by atoms with Crippen molar-refractivity contribution in [2.45, 2.75) is 38.6 Å². The smallest absolute Gasteiger partial charge is 0.152 e. The van der Waals surface area contributed by atoms with Crippen LogP contribution in [0.4, 0.5) is 0 Å². The summed E-state index contributed by atoms with van der Waals surface area (Å²) in [5.41, 5.74) is 5.37. The number of hydrogen-bond acceptors (Lipinski definition) is 4. The van der Waals surface area contributed by atoms with Gasteiger partial charge in [-0.15, -0.1) is 0 Å². The number of hydrogen-bond donors (Lipinski definition) is 2. The number of sulfone groups is 1. The Kier molecular flexibility index (Phi) is 4.76. The Balaban J connectivity index is 2.56. The van der Waals surface area contributed by atoms with Crippen LogP contribution in [0.15, 0.2) is 0 Å². The van der Waals surface area contributed by atoms with Crippen LogP contribution < -0.4 is 11.1 Å². The van der Waals surface area contributed by atoms with Gasteiger partial charge in [-0.1, -0.05) is 26.7 Å². The third-order valence-electron chi connectivity index (χ3n) is 3.70. The lowest BCUT2D eigenvalue weighted by molar-refractivity contribution is 0.327. The predicted octanol–water partition coefficient (Wildman–Crippen LogP) is 0.528. The molecule has 1 unspecified atom stereocenters. The normalized spacial score (nSPS) is 28.8. The third-order valence-corrected chi connectivity index (χ3v) is 5.52. The highest BCUT2D eigenvalue weighted by Crippen LogP contribution is 2.23. The summed E-state index contributed by atoms with van der Waals surface area (Å²) in [6.45, 7) is 5.61. The van der Waals surface area contributed by atoms with Crippen LogP contribution in [0.2, 0.25) is 0 Å². The molecule has 0 aromatic carbocycles. The van der Waals surface area contributed by atoms with E-state index < -0.39 is 9.84 Å². The van der Waals surface area contributed by atoms with Crippen molar-refractivity contribution in [2.75, 3.05) is 24.6 Å². The Morgan fingerprint density at radius 2 is 2.00 bits per heavy atom. The SMILES string of the molecule is CCC(CC)CNC1(CN)CCS(=O)(=O)C1. The Morgan fingerprint density at radius 3 is 2.38 bits per heavy atom. The van der Waals surface area contributed by atoms with Crippen LogP contribution in [0.25, 0.3) is 0 Å². The van der Waals surface area contributed by atoms with Gasteiger partial charge in [0.25, 0.3) is 0 Å². The van der Waals surface area contributed by atoms with E-state index in [2.05, 4.69) is 19.2 Å². The highest BCUT2D eigenvalue weighted by atomic mass is 32.2. The Morgan fingerprint density at radius 1 is 1.38 bits per heavy atom. The van der Waals surface area contributed by atoms with Crippen LogP contribution in [0.3, 0.4) is 0 Å². The van der Waals surface area contributed by atoms with Crippen molar-refractivity contribution < 1.29 is 8.42 Å². The van der Waals surface area contributed by atoms with Crippen molar-refractivity contribution in [2.24, 2.45) is 11.7 Å². The molecule has 1 rings (SSSR count). The molecule has 0 bridgehead atoms. The molecule has 0 aliphatic carbocycles. The minimum atomic E-state index is -2.87. The van der Waals surface area contributed by atoms with Gasteiger partial charge in [0.15, 0.2) is 9.84 Å². The summed E-state index contributed by atoms with van der Waals surface area (Å²) in [5, 5.41) is 3.40. The third kappa shape index (κ3) is 3.43. The van der Waals surface area contributed by atoms with Crippen molar-refractivity contribution in [3.63, 3.8) is 0 Å². The maximum atomic E-state index is 11.5. The van der Waals surface area contributed by atoms with Crippen molar-refractivity contribution in [3.8, 4) is 0 Å². The lowest BCUT2D eigenvalue weighted by atomic mass is 9.96.